The van der Waals surface area contributed by atoms with Gasteiger partial charge in [0.15, 0.2) is 0 Å². The largest absolute Gasteiger partial charge is 0.375 e. The van der Waals surface area contributed by atoms with E-state index >= 15 is 0 Å². The van der Waals surface area contributed by atoms with Gasteiger partial charge in [0.2, 0.25) is 5.91 Å². The van der Waals surface area contributed by atoms with Crippen LogP contribution in [-0.4, -0.2) is 25.0 Å². The summed E-state index contributed by atoms with van der Waals surface area (Å²) in [4.78, 5) is 22.8. The first kappa shape index (κ1) is 15.5. The zero-order valence-corrected chi connectivity index (χ0v) is 12.4. The van der Waals surface area contributed by atoms with Crippen LogP contribution in [0, 0.1) is 0 Å². The number of urea groups is 1. The highest BCUT2D eigenvalue weighted by atomic mass is 79.9. The van der Waals surface area contributed by atoms with Gasteiger partial charge in [-0.3, -0.25) is 10.1 Å². The fourth-order valence-corrected chi connectivity index (χ4v) is 1.80. The molecule has 0 aromatic heterocycles. The van der Waals surface area contributed by atoms with Crippen molar-refractivity contribution < 1.29 is 9.59 Å². The molecule has 0 saturated carbocycles. The Labute approximate surface area is 121 Å². The van der Waals surface area contributed by atoms with E-state index in [2.05, 4.69) is 31.9 Å². The fourth-order valence-electron chi connectivity index (χ4n) is 1.37. The van der Waals surface area contributed by atoms with Crippen molar-refractivity contribution in [1.82, 2.24) is 10.6 Å². The minimum atomic E-state index is -0.452. The minimum Gasteiger partial charge on any atom is -0.375 e. The molecule has 0 fully saturated rings. The van der Waals surface area contributed by atoms with Crippen molar-refractivity contribution in [3.05, 3.63) is 28.7 Å². The highest BCUT2D eigenvalue weighted by Crippen LogP contribution is 2.20. The number of imide groups is 1. The van der Waals surface area contributed by atoms with Gasteiger partial charge in [-0.15, -0.1) is 0 Å². The average Bonchev–Trinajstić information content (AvgIpc) is 2.38. The van der Waals surface area contributed by atoms with Gasteiger partial charge in [-0.05, 0) is 34.5 Å². The molecule has 19 heavy (non-hydrogen) atoms. The third kappa shape index (κ3) is 6.24. The van der Waals surface area contributed by atoms with Crippen LogP contribution in [0.1, 0.15) is 19.8 Å². The lowest BCUT2D eigenvalue weighted by atomic mass is 10.3. The summed E-state index contributed by atoms with van der Waals surface area (Å²) in [5.74, 6) is -0.371. The molecule has 6 heteroatoms. The molecule has 0 aliphatic heterocycles. The van der Waals surface area contributed by atoms with Crippen LogP contribution in [0.4, 0.5) is 10.5 Å². The molecular weight excluding hydrogens is 310 g/mol. The summed E-state index contributed by atoms with van der Waals surface area (Å²) in [6, 6.07) is 7.02. The molecule has 0 unspecified atom stereocenters. The van der Waals surface area contributed by atoms with Crippen molar-refractivity contribution in [2.75, 3.05) is 18.4 Å². The number of carbonyl (C=O) groups is 2. The number of hydrogen-bond donors (Lipinski definition) is 3. The molecule has 5 nitrogen and oxygen atoms in total. The number of halogens is 1. The molecular formula is C13H18BrN3O2. The zero-order valence-electron chi connectivity index (χ0n) is 10.8. The first-order valence-corrected chi connectivity index (χ1v) is 6.99. The first-order chi connectivity index (χ1) is 9.13. The summed E-state index contributed by atoms with van der Waals surface area (Å²) >= 11 is 3.37. The summed E-state index contributed by atoms with van der Waals surface area (Å²) in [6.07, 6.45) is 1.90. The number of para-hydroxylation sites is 1. The van der Waals surface area contributed by atoms with E-state index in [4.69, 9.17) is 0 Å². The molecule has 0 heterocycles. The summed E-state index contributed by atoms with van der Waals surface area (Å²) in [7, 11) is 0. The van der Waals surface area contributed by atoms with Crippen molar-refractivity contribution in [2.24, 2.45) is 0 Å². The van der Waals surface area contributed by atoms with Crippen LogP contribution in [0.2, 0.25) is 0 Å². The molecule has 3 N–H and O–H groups in total. The van der Waals surface area contributed by atoms with Crippen LogP contribution in [0.25, 0.3) is 0 Å². The standard InChI is InChI=1S/C13H18BrN3O2/c1-2-3-8-15-13(19)17-12(18)9-16-11-7-5-4-6-10(11)14/h4-7,16H,2-3,8-9H2,1H3,(H2,15,17,18,19). The second kappa shape index (κ2) is 8.53. The maximum absolute atomic E-state index is 11.5. The SMILES string of the molecule is CCCCNC(=O)NC(=O)CNc1ccccc1Br. The molecule has 0 aliphatic carbocycles. The molecule has 0 atom stereocenters. The highest BCUT2D eigenvalue weighted by molar-refractivity contribution is 9.10. The van der Waals surface area contributed by atoms with E-state index in [-0.39, 0.29) is 12.5 Å². The number of unbranched alkanes of at least 4 members (excludes halogenated alkanes) is 1. The van der Waals surface area contributed by atoms with Gasteiger partial charge in [-0.1, -0.05) is 25.5 Å². The molecule has 0 radical (unpaired) electrons. The van der Waals surface area contributed by atoms with Gasteiger partial charge < -0.3 is 10.6 Å². The molecule has 0 aliphatic rings. The van der Waals surface area contributed by atoms with Crippen molar-refractivity contribution in [3.63, 3.8) is 0 Å². The predicted octanol–water partition coefficient (Wildman–Crippen LogP) is 2.49. The van der Waals surface area contributed by atoms with Gasteiger partial charge in [0.05, 0.1) is 6.54 Å². The maximum atomic E-state index is 11.5. The van der Waals surface area contributed by atoms with Gasteiger partial charge >= 0.3 is 6.03 Å². The van der Waals surface area contributed by atoms with Crippen LogP contribution in [0.3, 0.4) is 0 Å². The van der Waals surface area contributed by atoms with E-state index < -0.39 is 6.03 Å². The van der Waals surface area contributed by atoms with Crippen LogP contribution in [-0.2, 0) is 4.79 Å². The van der Waals surface area contributed by atoms with Gasteiger partial charge in [0.25, 0.3) is 0 Å². The van der Waals surface area contributed by atoms with E-state index in [1.807, 2.05) is 31.2 Å². The molecule has 0 saturated heterocycles. The topological polar surface area (TPSA) is 70.2 Å². The van der Waals surface area contributed by atoms with Crippen LogP contribution in [0.5, 0.6) is 0 Å². The number of carbonyl (C=O) groups excluding carboxylic acids is 2. The third-order valence-corrected chi connectivity index (χ3v) is 3.07. The Morgan fingerprint density at radius 2 is 2.00 bits per heavy atom. The monoisotopic (exact) mass is 327 g/mol. The highest BCUT2D eigenvalue weighted by Gasteiger charge is 2.07. The summed E-state index contributed by atoms with van der Waals surface area (Å²) in [6.45, 7) is 2.66. The second-order valence-corrected chi connectivity index (χ2v) is 4.85. The Kier molecular flexibility index (Phi) is 6.95. The van der Waals surface area contributed by atoms with Crippen LogP contribution < -0.4 is 16.0 Å². The number of benzene rings is 1. The molecule has 104 valence electrons. The summed E-state index contributed by atoms with van der Waals surface area (Å²) < 4.78 is 0.871. The van der Waals surface area contributed by atoms with E-state index in [1.165, 1.54) is 0 Å². The maximum Gasteiger partial charge on any atom is 0.321 e. The number of anilines is 1. The normalized spacial score (nSPS) is 9.79. The van der Waals surface area contributed by atoms with Gasteiger partial charge in [0.1, 0.15) is 0 Å². The molecule has 0 bridgehead atoms. The first-order valence-electron chi connectivity index (χ1n) is 6.19. The zero-order chi connectivity index (χ0) is 14.1. The third-order valence-electron chi connectivity index (χ3n) is 2.38. The number of nitrogens with one attached hydrogen (secondary N) is 3. The lowest BCUT2D eigenvalue weighted by molar-refractivity contribution is -0.118. The Hall–Kier alpha value is -1.56. The molecule has 3 amide bonds. The molecule has 1 aromatic carbocycles. The van der Waals surface area contributed by atoms with Gasteiger partial charge in [-0.2, -0.15) is 0 Å². The predicted molar refractivity (Wildman–Crippen MR) is 79.1 cm³/mol. The lowest BCUT2D eigenvalue weighted by Gasteiger charge is -2.09. The Morgan fingerprint density at radius 1 is 1.26 bits per heavy atom. The number of hydrogen-bond acceptors (Lipinski definition) is 3. The van der Waals surface area contributed by atoms with Crippen molar-refractivity contribution >= 4 is 33.6 Å². The van der Waals surface area contributed by atoms with Gasteiger partial charge in [0, 0.05) is 16.7 Å². The van der Waals surface area contributed by atoms with E-state index in [0.29, 0.717) is 6.54 Å². The molecule has 1 aromatic rings. The summed E-state index contributed by atoms with van der Waals surface area (Å²) in [5, 5.41) is 7.82. The van der Waals surface area contributed by atoms with Crippen molar-refractivity contribution in [2.45, 2.75) is 19.8 Å². The van der Waals surface area contributed by atoms with E-state index in [9.17, 15) is 9.59 Å². The number of rotatable bonds is 6. The van der Waals surface area contributed by atoms with Crippen molar-refractivity contribution in [3.8, 4) is 0 Å². The fraction of sp³-hybridized carbons (Fsp3) is 0.385. The van der Waals surface area contributed by atoms with Gasteiger partial charge in [-0.25, -0.2) is 4.79 Å². The molecule has 1 rings (SSSR count). The van der Waals surface area contributed by atoms with Crippen molar-refractivity contribution in [1.29, 1.82) is 0 Å². The number of amides is 3. The van der Waals surface area contributed by atoms with E-state index in [1.54, 1.807) is 0 Å². The summed E-state index contributed by atoms with van der Waals surface area (Å²) in [5.41, 5.74) is 0.809. The van der Waals surface area contributed by atoms with E-state index in [0.717, 1.165) is 23.0 Å². The Balaban J connectivity index is 2.28. The Morgan fingerprint density at radius 3 is 2.68 bits per heavy atom. The molecule has 0 spiro atoms. The Bertz CT molecular complexity index is 438. The second-order valence-electron chi connectivity index (χ2n) is 3.99. The lowest BCUT2D eigenvalue weighted by Crippen LogP contribution is -2.42. The van der Waals surface area contributed by atoms with Crippen LogP contribution >= 0.6 is 15.9 Å². The smallest absolute Gasteiger partial charge is 0.321 e. The average molecular weight is 328 g/mol. The minimum absolute atomic E-state index is 0.0454. The quantitative estimate of drug-likeness (QED) is 0.703. The van der Waals surface area contributed by atoms with Crippen LogP contribution in [0.15, 0.2) is 28.7 Å².